The van der Waals surface area contributed by atoms with Crippen LogP contribution in [0.5, 0.6) is 11.5 Å². The predicted octanol–water partition coefficient (Wildman–Crippen LogP) is 5.22. The topological polar surface area (TPSA) is 27.7 Å². The Balaban J connectivity index is 1.83. The molecule has 1 fully saturated rings. The zero-order valence-electron chi connectivity index (χ0n) is 14.5. The van der Waals surface area contributed by atoms with Gasteiger partial charge in [-0.25, -0.2) is 0 Å². The summed E-state index contributed by atoms with van der Waals surface area (Å²) < 4.78 is 17.7. The fourth-order valence-electron chi connectivity index (χ4n) is 4.14. The number of rotatable bonds is 3. The van der Waals surface area contributed by atoms with Crippen LogP contribution in [0.4, 0.5) is 0 Å². The standard InChI is InChI=1S/C20H24O3S/c1-12-10-16-19(15-11-13(21-2)8-9-17(15)22-3)23-18-7-5-4-6-14(18)20(16)24-12/h8-11,14,18-19H,4-7H2,1-3H3/t14-,18+,19-/m1/s1. The molecule has 1 aliphatic carbocycles. The summed E-state index contributed by atoms with van der Waals surface area (Å²) in [5.41, 5.74) is 2.40. The van der Waals surface area contributed by atoms with Crippen LogP contribution in [0, 0.1) is 6.92 Å². The summed E-state index contributed by atoms with van der Waals surface area (Å²) in [6.07, 6.45) is 5.25. The third kappa shape index (κ3) is 2.62. The van der Waals surface area contributed by atoms with Gasteiger partial charge in [-0.2, -0.15) is 0 Å². The number of ether oxygens (including phenoxy) is 3. The van der Waals surface area contributed by atoms with Crippen molar-refractivity contribution in [2.24, 2.45) is 0 Å². The molecular formula is C20H24O3S. The third-order valence-corrected chi connectivity index (χ3v) is 6.46. The Bertz CT molecular complexity index is 736. The van der Waals surface area contributed by atoms with Gasteiger partial charge in [0.25, 0.3) is 0 Å². The van der Waals surface area contributed by atoms with Crippen molar-refractivity contribution in [2.45, 2.75) is 50.7 Å². The highest BCUT2D eigenvalue weighted by Gasteiger charge is 2.40. The fourth-order valence-corrected chi connectivity index (χ4v) is 5.38. The zero-order chi connectivity index (χ0) is 16.7. The van der Waals surface area contributed by atoms with E-state index >= 15 is 0 Å². The predicted molar refractivity (Wildman–Crippen MR) is 96.5 cm³/mol. The molecule has 0 amide bonds. The quantitative estimate of drug-likeness (QED) is 0.764. The van der Waals surface area contributed by atoms with E-state index in [0.717, 1.165) is 23.5 Å². The highest BCUT2D eigenvalue weighted by molar-refractivity contribution is 7.12. The van der Waals surface area contributed by atoms with Gasteiger partial charge in [-0.15, -0.1) is 11.3 Å². The summed E-state index contributed by atoms with van der Waals surface area (Å²) in [7, 11) is 3.42. The van der Waals surface area contributed by atoms with E-state index in [0.29, 0.717) is 12.0 Å². The number of hydrogen-bond acceptors (Lipinski definition) is 4. The van der Waals surface area contributed by atoms with Crippen LogP contribution in [0.15, 0.2) is 24.3 Å². The van der Waals surface area contributed by atoms with E-state index in [2.05, 4.69) is 19.1 Å². The minimum atomic E-state index is -0.0608. The summed E-state index contributed by atoms with van der Waals surface area (Å²) in [4.78, 5) is 2.89. The highest BCUT2D eigenvalue weighted by Crippen LogP contribution is 2.51. The molecule has 0 bridgehead atoms. The third-order valence-electron chi connectivity index (χ3n) is 5.27. The van der Waals surface area contributed by atoms with Crippen LogP contribution >= 0.6 is 11.3 Å². The summed E-state index contributed by atoms with van der Waals surface area (Å²) in [5.74, 6) is 2.28. The maximum Gasteiger partial charge on any atom is 0.125 e. The average Bonchev–Trinajstić information content (AvgIpc) is 3.02. The molecule has 0 N–H and O–H groups in total. The molecule has 2 heterocycles. The van der Waals surface area contributed by atoms with Crippen LogP contribution < -0.4 is 9.47 Å². The second-order valence-electron chi connectivity index (χ2n) is 6.73. The molecule has 3 atom stereocenters. The molecule has 1 aromatic heterocycles. The molecule has 1 saturated carbocycles. The van der Waals surface area contributed by atoms with Crippen molar-refractivity contribution >= 4 is 11.3 Å². The van der Waals surface area contributed by atoms with Crippen molar-refractivity contribution < 1.29 is 14.2 Å². The molecule has 3 nitrogen and oxygen atoms in total. The van der Waals surface area contributed by atoms with E-state index in [1.165, 1.54) is 34.6 Å². The Hall–Kier alpha value is -1.52. The van der Waals surface area contributed by atoms with E-state index in [4.69, 9.17) is 14.2 Å². The minimum absolute atomic E-state index is 0.0608. The summed E-state index contributed by atoms with van der Waals surface area (Å²) in [6, 6.07) is 8.27. The Morgan fingerprint density at radius 1 is 1.04 bits per heavy atom. The lowest BCUT2D eigenvalue weighted by atomic mass is 9.80. The lowest BCUT2D eigenvalue weighted by molar-refractivity contribution is -0.0382. The molecule has 0 spiro atoms. The van der Waals surface area contributed by atoms with Crippen molar-refractivity contribution in [3.63, 3.8) is 0 Å². The molecule has 2 aliphatic rings. The first kappa shape index (κ1) is 16.0. The van der Waals surface area contributed by atoms with Crippen LogP contribution in [0.3, 0.4) is 0 Å². The number of methoxy groups -OCH3 is 2. The van der Waals surface area contributed by atoms with Gasteiger partial charge in [0.1, 0.15) is 17.6 Å². The Kier molecular flexibility index (Phi) is 4.27. The van der Waals surface area contributed by atoms with Gasteiger partial charge in [-0.05, 0) is 49.6 Å². The van der Waals surface area contributed by atoms with Crippen LogP contribution in [-0.4, -0.2) is 20.3 Å². The van der Waals surface area contributed by atoms with Crippen LogP contribution in [0.2, 0.25) is 0 Å². The fraction of sp³-hybridized carbons (Fsp3) is 0.500. The first-order valence-corrected chi connectivity index (χ1v) is 9.50. The van der Waals surface area contributed by atoms with Crippen LogP contribution in [-0.2, 0) is 4.74 Å². The molecule has 2 aromatic rings. The molecule has 1 aliphatic heterocycles. The number of aryl methyl sites for hydroxylation is 1. The second kappa shape index (κ2) is 6.41. The Morgan fingerprint density at radius 3 is 2.67 bits per heavy atom. The SMILES string of the molecule is COc1ccc(OC)c([C@H]2O[C@H]3CCCC[C@H]3c3sc(C)cc32)c1. The first-order valence-electron chi connectivity index (χ1n) is 8.69. The maximum absolute atomic E-state index is 6.63. The lowest BCUT2D eigenvalue weighted by Gasteiger charge is -2.39. The smallest absolute Gasteiger partial charge is 0.125 e. The van der Waals surface area contributed by atoms with Crippen LogP contribution in [0.1, 0.15) is 58.6 Å². The average molecular weight is 344 g/mol. The van der Waals surface area contributed by atoms with Gasteiger partial charge in [0.05, 0.1) is 20.3 Å². The van der Waals surface area contributed by atoms with E-state index in [1.54, 1.807) is 14.2 Å². The van der Waals surface area contributed by atoms with Gasteiger partial charge >= 0.3 is 0 Å². The van der Waals surface area contributed by atoms with Gasteiger partial charge < -0.3 is 14.2 Å². The molecule has 0 saturated heterocycles. The molecule has 0 radical (unpaired) electrons. The van der Waals surface area contributed by atoms with E-state index in [-0.39, 0.29) is 6.10 Å². The van der Waals surface area contributed by atoms with E-state index < -0.39 is 0 Å². The highest BCUT2D eigenvalue weighted by atomic mass is 32.1. The largest absolute Gasteiger partial charge is 0.497 e. The molecule has 1 aromatic carbocycles. The zero-order valence-corrected chi connectivity index (χ0v) is 15.3. The van der Waals surface area contributed by atoms with E-state index in [9.17, 15) is 0 Å². The van der Waals surface area contributed by atoms with Gasteiger partial charge in [0, 0.05) is 21.2 Å². The molecule has 0 unspecified atom stereocenters. The summed E-state index contributed by atoms with van der Waals surface area (Å²) in [6.45, 7) is 2.20. The van der Waals surface area contributed by atoms with Gasteiger partial charge in [0.15, 0.2) is 0 Å². The van der Waals surface area contributed by atoms with Crippen molar-refractivity contribution in [1.29, 1.82) is 0 Å². The molecular weight excluding hydrogens is 320 g/mol. The van der Waals surface area contributed by atoms with Crippen LogP contribution in [0.25, 0.3) is 0 Å². The van der Waals surface area contributed by atoms with Crippen molar-refractivity contribution in [3.8, 4) is 11.5 Å². The summed E-state index contributed by atoms with van der Waals surface area (Å²) in [5, 5.41) is 0. The van der Waals surface area contributed by atoms with Gasteiger partial charge in [-0.3, -0.25) is 0 Å². The van der Waals surface area contributed by atoms with Crippen molar-refractivity contribution in [1.82, 2.24) is 0 Å². The van der Waals surface area contributed by atoms with Gasteiger partial charge in [-0.1, -0.05) is 12.8 Å². The Morgan fingerprint density at radius 2 is 1.88 bits per heavy atom. The van der Waals surface area contributed by atoms with Gasteiger partial charge in [0.2, 0.25) is 0 Å². The Labute approximate surface area is 147 Å². The molecule has 128 valence electrons. The van der Waals surface area contributed by atoms with Crippen molar-refractivity contribution in [3.05, 3.63) is 45.1 Å². The summed E-state index contributed by atoms with van der Waals surface area (Å²) >= 11 is 1.95. The monoisotopic (exact) mass is 344 g/mol. The number of thiophene rings is 1. The molecule has 4 heteroatoms. The number of fused-ring (bicyclic) bond motifs is 3. The first-order chi connectivity index (χ1) is 11.7. The molecule has 24 heavy (non-hydrogen) atoms. The van der Waals surface area contributed by atoms with E-state index in [1.807, 2.05) is 23.5 Å². The lowest BCUT2D eigenvalue weighted by Crippen LogP contribution is -2.32. The maximum atomic E-state index is 6.63. The second-order valence-corrected chi connectivity index (χ2v) is 8.02. The minimum Gasteiger partial charge on any atom is -0.497 e. The normalized spacial score (nSPS) is 25.7. The molecule has 4 rings (SSSR count). The number of hydrogen-bond donors (Lipinski definition) is 0. The number of benzene rings is 1. The van der Waals surface area contributed by atoms with Crippen molar-refractivity contribution in [2.75, 3.05) is 14.2 Å².